The number of nitrogens with zero attached hydrogens (tertiary/aromatic N) is 3. The second-order valence-electron chi connectivity index (χ2n) is 4.17. The van der Waals surface area contributed by atoms with Crippen LogP contribution in [0.5, 0.6) is 0 Å². The minimum atomic E-state index is -0.695. The Bertz CT molecular complexity index is 625. The highest BCUT2D eigenvalue weighted by atomic mass is 32.1. The van der Waals surface area contributed by atoms with Crippen LogP contribution in [-0.4, -0.2) is 48.5 Å². The summed E-state index contributed by atoms with van der Waals surface area (Å²) in [5, 5.41) is 18.8. The molecule has 0 aromatic carbocycles. The van der Waals surface area contributed by atoms with Gasteiger partial charge in [0, 0.05) is 6.42 Å². The standard InChI is InChI=1S/C10H12N4O3S/c15-2-6-5(16)1-7(17-6)14-4-13-9-8(10(14)18)11-3-12-9/h3-7,15-16H,1-2H2,(H,11,12)/t5-,6+,7?/m0/s1. The van der Waals surface area contributed by atoms with Crippen molar-refractivity contribution in [3.05, 3.63) is 17.3 Å². The number of hydrogen-bond acceptors (Lipinski definition) is 6. The topological polar surface area (TPSA) is 96.2 Å². The van der Waals surface area contributed by atoms with Crippen LogP contribution < -0.4 is 0 Å². The fourth-order valence-corrected chi connectivity index (χ4v) is 2.41. The van der Waals surface area contributed by atoms with E-state index in [4.69, 9.17) is 22.1 Å². The molecular weight excluding hydrogens is 256 g/mol. The van der Waals surface area contributed by atoms with Crippen LogP contribution in [0.3, 0.4) is 0 Å². The Kier molecular flexibility index (Phi) is 2.86. The highest BCUT2D eigenvalue weighted by Gasteiger charge is 2.34. The number of hydrogen-bond donors (Lipinski definition) is 3. The lowest BCUT2D eigenvalue weighted by atomic mass is 10.2. The number of aromatic nitrogens is 4. The molecule has 3 N–H and O–H groups in total. The summed E-state index contributed by atoms with van der Waals surface area (Å²) in [7, 11) is 0. The molecule has 1 unspecified atom stereocenters. The second kappa shape index (κ2) is 4.39. The number of H-pyrrole nitrogens is 1. The second-order valence-corrected chi connectivity index (χ2v) is 4.56. The summed E-state index contributed by atoms with van der Waals surface area (Å²) in [5.41, 5.74) is 1.21. The molecule has 8 heteroatoms. The third-order valence-electron chi connectivity index (χ3n) is 3.07. The molecule has 0 spiro atoms. The van der Waals surface area contributed by atoms with Crippen LogP contribution in [0.2, 0.25) is 0 Å². The van der Waals surface area contributed by atoms with Crippen molar-refractivity contribution in [2.75, 3.05) is 6.61 Å². The molecular formula is C10H12N4O3S. The minimum Gasteiger partial charge on any atom is -0.394 e. The molecule has 2 aromatic rings. The number of aromatic amines is 1. The van der Waals surface area contributed by atoms with Gasteiger partial charge in [0.05, 0.1) is 19.0 Å². The maximum atomic E-state index is 9.71. The van der Waals surface area contributed by atoms with Crippen LogP contribution in [0.4, 0.5) is 0 Å². The highest BCUT2D eigenvalue weighted by molar-refractivity contribution is 7.71. The van der Waals surface area contributed by atoms with Gasteiger partial charge in [-0.1, -0.05) is 12.2 Å². The van der Waals surface area contributed by atoms with Crippen molar-refractivity contribution >= 4 is 23.4 Å². The molecule has 3 heterocycles. The van der Waals surface area contributed by atoms with E-state index in [2.05, 4.69) is 15.0 Å². The first-order chi connectivity index (χ1) is 8.70. The lowest BCUT2D eigenvalue weighted by molar-refractivity contribution is -0.0450. The van der Waals surface area contributed by atoms with Crippen LogP contribution in [0.15, 0.2) is 12.7 Å². The number of imidazole rings is 1. The van der Waals surface area contributed by atoms with Crippen LogP contribution in [-0.2, 0) is 4.74 Å². The smallest absolute Gasteiger partial charge is 0.181 e. The van der Waals surface area contributed by atoms with Crippen LogP contribution >= 0.6 is 12.2 Å². The van der Waals surface area contributed by atoms with Crippen molar-refractivity contribution in [1.82, 2.24) is 19.5 Å². The number of rotatable bonds is 2. The molecule has 96 valence electrons. The summed E-state index contributed by atoms with van der Waals surface area (Å²) in [6, 6.07) is 0. The van der Waals surface area contributed by atoms with Crippen molar-refractivity contribution in [3.8, 4) is 0 Å². The molecule has 1 saturated heterocycles. The van der Waals surface area contributed by atoms with E-state index in [0.717, 1.165) is 0 Å². The van der Waals surface area contributed by atoms with E-state index < -0.39 is 18.4 Å². The lowest BCUT2D eigenvalue weighted by Crippen LogP contribution is -2.24. The maximum Gasteiger partial charge on any atom is 0.181 e. The van der Waals surface area contributed by atoms with Gasteiger partial charge in [-0.05, 0) is 0 Å². The summed E-state index contributed by atoms with van der Waals surface area (Å²) in [6.07, 6.45) is 1.76. The minimum absolute atomic E-state index is 0.218. The van der Waals surface area contributed by atoms with Crippen molar-refractivity contribution < 1.29 is 14.9 Å². The van der Waals surface area contributed by atoms with E-state index in [1.165, 1.54) is 6.33 Å². The normalized spacial score (nSPS) is 28.0. The monoisotopic (exact) mass is 268 g/mol. The van der Waals surface area contributed by atoms with Gasteiger partial charge in [0.2, 0.25) is 0 Å². The number of aliphatic hydroxyl groups excluding tert-OH is 2. The van der Waals surface area contributed by atoms with Gasteiger partial charge in [0.1, 0.15) is 28.8 Å². The average Bonchev–Trinajstić information content (AvgIpc) is 2.96. The largest absolute Gasteiger partial charge is 0.394 e. The first kappa shape index (κ1) is 11.7. The fraction of sp³-hybridized carbons (Fsp3) is 0.500. The molecule has 0 amide bonds. The van der Waals surface area contributed by atoms with Crippen molar-refractivity contribution in [2.45, 2.75) is 24.9 Å². The Balaban J connectivity index is 2.00. The zero-order valence-corrected chi connectivity index (χ0v) is 10.2. The fourth-order valence-electron chi connectivity index (χ4n) is 2.10. The molecule has 2 aromatic heterocycles. The van der Waals surface area contributed by atoms with E-state index in [1.54, 1.807) is 10.9 Å². The molecule has 0 bridgehead atoms. The summed E-state index contributed by atoms with van der Waals surface area (Å²) in [4.78, 5) is 11.1. The SMILES string of the molecule is OC[C@H]1OC(n2cnc3nc[nH]c3c2=S)C[C@@H]1O. The van der Waals surface area contributed by atoms with E-state index in [0.29, 0.717) is 22.2 Å². The Hall–Kier alpha value is -1.35. The van der Waals surface area contributed by atoms with Gasteiger partial charge in [0.25, 0.3) is 0 Å². The zero-order valence-electron chi connectivity index (χ0n) is 9.35. The highest BCUT2D eigenvalue weighted by Crippen LogP contribution is 2.29. The maximum absolute atomic E-state index is 9.71. The first-order valence-corrected chi connectivity index (χ1v) is 5.96. The first-order valence-electron chi connectivity index (χ1n) is 5.55. The Labute approximate surface area is 107 Å². The van der Waals surface area contributed by atoms with Crippen LogP contribution in [0.1, 0.15) is 12.6 Å². The Morgan fingerprint density at radius 2 is 2.39 bits per heavy atom. The molecule has 0 aliphatic carbocycles. The molecule has 3 rings (SSSR count). The summed E-state index contributed by atoms with van der Waals surface area (Å²) in [5.74, 6) is 0. The molecule has 1 aliphatic rings. The van der Waals surface area contributed by atoms with E-state index >= 15 is 0 Å². The predicted octanol–water partition coefficient (Wildman–Crippen LogP) is 0.130. The van der Waals surface area contributed by atoms with Crippen molar-refractivity contribution in [1.29, 1.82) is 0 Å². The van der Waals surface area contributed by atoms with Gasteiger partial charge in [-0.25, -0.2) is 9.97 Å². The molecule has 7 nitrogen and oxygen atoms in total. The van der Waals surface area contributed by atoms with Crippen molar-refractivity contribution in [3.63, 3.8) is 0 Å². The molecule has 0 radical (unpaired) electrons. The average molecular weight is 268 g/mol. The van der Waals surface area contributed by atoms with Gasteiger partial charge >= 0.3 is 0 Å². The zero-order chi connectivity index (χ0) is 12.7. The Morgan fingerprint density at radius 3 is 3.11 bits per heavy atom. The van der Waals surface area contributed by atoms with Crippen LogP contribution in [0.25, 0.3) is 11.2 Å². The number of nitrogens with one attached hydrogen (secondary N) is 1. The quantitative estimate of drug-likeness (QED) is 0.670. The van der Waals surface area contributed by atoms with Crippen LogP contribution in [0, 0.1) is 4.64 Å². The molecule has 1 aliphatic heterocycles. The van der Waals surface area contributed by atoms with E-state index in [-0.39, 0.29) is 6.61 Å². The number of fused-ring (bicyclic) bond motifs is 1. The predicted molar refractivity (Wildman–Crippen MR) is 64.3 cm³/mol. The van der Waals surface area contributed by atoms with Gasteiger partial charge in [-0.3, -0.25) is 4.57 Å². The lowest BCUT2D eigenvalue weighted by Gasteiger charge is -2.15. The third-order valence-corrected chi connectivity index (χ3v) is 3.48. The number of aliphatic hydroxyl groups is 2. The summed E-state index contributed by atoms with van der Waals surface area (Å²) in [6.45, 7) is -0.218. The summed E-state index contributed by atoms with van der Waals surface area (Å²) < 4.78 is 7.72. The van der Waals surface area contributed by atoms with Gasteiger partial charge in [-0.15, -0.1) is 0 Å². The number of ether oxygens (including phenoxy) is 1. The van der Waals surface area contributed by atoms with Gasteiger partial charge in [0.15, 0.2) is 5.65 Å². The molecule has 0 saturated carbocycles. The van der Waals surface area contributed by atoms with E-state index in [1.807, 2.05) is 0 Å². The summed E-state index contributed by atoms with van der Waals surface area (Å²) >= 11 is 5.33. The van der Waals surface area contributed by atoms with Gasteiger partial charge in [-0.2, -0.15) is 0 Å². The third kappa shape index (κ3) is 1.74. The Morgan fingerprint density at radius 1 is 1.56 bits per heavy atom. The van der Waals surface area contributed by atoms with Crippen molar-refractivity contribution in [2.24, 2.45) is 0 Å². The van der Waals surface area contributed by atoms with Gasteiger partial charge < -0.3 is 19.9 Å². The molecule has 3 atom stereocenters. The van der Waals surface area contributed by atoms with E-state index in [9.17, 15) is 5.11 Å². The molecule has 1 fully saturated rings. The molecule has 18 heavy (non-hydrogen) atoms.